The summed E-state index contributed by atoms with van der Waals surface area (Å²) in [6.45, 7) is 0. The number of halogens is 2. The van der Waals surface area contributed by atoms with Crippen LogP contribution < -0.4 is 4.18 Å². The van der Waals surface area contributed by atoms with Gasteiger partial charge in [-0.05, 0) is 59.0 Å². The molecule has 0 amide bonds. The first-order valence-corrected chi connectivity index (χ1v) is 8.18. The molecule has 0 saturated carbocycles. The number of nitrogens with zero attached hydrogens (tertiary/aromatic N) is 1. The molecule has 2 aromatic carbocycles. The predicted molar refractivity (Wildman–Crippen MR) is 83.1 cm³/mol. The van der Waals surface area contributed by atoms with Crippen LogP contribution in [0.15, 0.2) is 47.4 Å². The Morgan fingerprint density at radius 1 is 1.20 bits per heavy atom. The van der Waals surface area contributed by atoms with Crippen molar-refractivity contribution in [2.45, 2.75) is 4.90 Å². The molecular weight excluding hydrogens is 413 g/mol. The Hall–Kier alpha value is -1.30. The van der Waals surface area contributed by atoms with Crippen molar-refractivity contribution in [1.82, 2.24) is 0 Å². The first-order valence-electron chi connectivity index (χ1n) is 5.32. The third-order valence-electron chi connectivity index (χ3n) is 2.35. The molecule has 0 fully saturated rings. The molecule has 0 aliphatic rings. The molecule has 7 heteroatoms. The molecule has 0 aliphatic heterocycles. The summed E-state index contributed by atoms with van der Waals surface area (Å²) in [5.74, 6) is 0.220. The van der Waals surface area contributed by atoms with E-state index in [1.165, 1.54) is 18.2 Å². The zero-order valence-corrected chi connectivity index (χ0v) is 13.6. The first kappa shape index (κ1) is 15.1. The molecule has 0 aromatic heterocycles. The van der Waals surface area contributed by atoms with Gasteiger partial charge >= 0.3 is 10.1 Å². The number of hydrogen-bond donors (Lipinski definition) is 0. The van der Waals surface area contributed by atoms with E-state index in [9.17, 15) is 8.42 Å². The van der Waals surface area contributed by atoms with Crippen molar-refractivity contribution in [2.24, 2.45) is 0 Å². The van der Waals surface area contributed by atoms with Crippen LogP contribution in [-0.2, 0) is 10.1 Å². The highest BCUT2D eigenvalue weighted by Gasteiger charge is 2.18. The molecule has 0 atom stereocenters. The fraction of sp³-hybridized carbons (Fsp3) is 0. The summed E-state index contributed by atoms with van der Waals surface area (Å²) in [6.07, 6.45) is 0. The average molecular weight is 420 g/mol. The van der Waals surface area contributed by atoms with Gasteiger partial charge in [-0.1, -0.05) is 17.7 Å². The van der Waals surface area contributed by atoms with E-state index in [0.717, 1.165) is 3.57 Å². The average Bonchev–Trinajstić information content (AvgIpc) is 2.38. The van der Waals surface area contributed by atoms with Crippen molar-refractivity contribution in [2.75, 3.05) is 0 Å². The largest absolute Gasteiger partial charge is 0.379 e. The Morgan fingerprint density at radius 2 is 1.95 bits per heavy atom. The molecule has 0 aliphatic carbocycles. The summed E-state index contributed by atoms with van der Waals surface area (Å²) >= 11 is 7.87. The lowest BCUT2D eigenvalue weighted by molar-refractivity contribution is 0.486. The van der Waals surface area contributed by atoms with E-state index in [0.29, 0.717) is 0 Å². The lowest BCUT2D eigenvalue weighted by Crippen LogP contribution is -2.10. The summed E-state index contributed by atoms with van der Waals surface area (Å²) in [5, 5.41) is 8.83. The van der Waals surface area contributed by atoms with Crippen LogP contribution in [0.3, 0.4) is 0 Å². The lowest BCUT2D eigenvalue weighted by Gasteiger charge is -2.08. The fourth-order valence-electron chi connectivity index (χ4n) is 1.44. The van der Waals surface area contributed by atoms with Gasteiger partial charge in [-0.3, -0.25) is 0 Å². The maximum Gasteiger partial charge on any atom is 0.339 e. The Balaban J connectivity index is 2.36. The third-order valence-corrected chi connectivity index (χ3v) is 4.58. The lowest BCUT2D eigenvalue weighted by atomic mass is 10.2. The summed E-state index contributed by atoms with van der Waals surface area (Å²) in [4.78, 5) is -0.0969. The van der Waals surface area contributed by atoms with Gasteiger partial charge < -0.3 is 4.18 Å². The van der Waals surface area contributed by atoms with Crippen molar-refractivity contribution in [3.63, 3.8) is 0 Å². The molecule has 20 heavy (non-hydrogen) atoms. The van der Waals surface area contributed by atoms with Gasteiger partial charge in [-0.15, -0.1) is 0 Å². The van der Waals surface area contributed by atoms with E-state index in [-0.39, 0.29) is 21.2 Å². The Kier molecular flexibility index (Phi) is 4.52. The van der Waals surface area contributed by atoms with Crippen molar-refractivity contribution in [1.29, 1.82) is 5.26 Å². The Labute approximate surface area is 135 Å². The Morgan fingerprint density at radius 3 is 2.55 bits per heavy atom. The van der Waals surface area contributed by atoms with Crippen molar-refractivity contribution >= 4 is 44.3 Å². The zero-order chi connectivity index (χ0) is 14.8. The van der Waals surface area contributed by atoms with Crippen LogP contribution in [0.1, 0.15) is 5.56 Å². The molecule has 2 aromatic rings. The minimum absolute atomic E-state index is 0.0693. The molecule has 0 N–H and O–H groups in total. The molecule has 0 unspecified atom stereocenters. The molecule has 0 radical (unpaired) electrons. The Bertz CT molecular complexity index is 800. The zero-order valence-electron chi connectivity index (χ0n) is 9.88. The van der Waals surface area contributed by atoms with E-state index in [1.54, 1.807) is 18.2 Å². The van der Waals surface area contributed by atoms with E-state index in [1.807, 2.05) is 12.1 Å². The normalized spacial score (nSPS) is 10.8. The summed E-state index contributed by atoms with van der Waals surface area (Å²) < 4.78 is 30.1. The molecule has 102 valence electrons. The van der Waals surface area contributed by atoms with Crippen LogP contribution in [0.4, 0.5) is 0 Å². The minimum Gasteiger partial charge on any atom is -0.379 e. The van der Waals surface area contributed by atoms with Gasteiger partial charge in [0.25, 0.3) is 0 Å². The molecular formula is C13H7ClINO3S. The van der Waals surface area contributed by atoms with Crippen LogP contribution in [0.5, 0.6) is 5.75 Å². The second-order valence-corrected chi connectivity index (χ2v) is 6.95. The SMILES string of the molecule is N#Cc1ccc(S(=O)(=O)Oc2cccc(I)c2)cc1Cl. The van der Waals surface area contributed by atoms with Crippen LogP contribution >= 0.6 is 34.2 Å². The highest BCUT2D eigenvalue weighted by atomic mass is 127. The van der Waals surface area contributed by atoms with E-state index < -0.39 is 10.1 Å². The predicted octanol–water partition coefficient (Wildman–Crippen LogP) is 3.58. The van der Waals surface area contributed by atoms with Crippen LogP contribution in [-0.4, -0.2) is 8.42 Å². The summed E-state index contributed by atoms with van der Waals surface area (Å²) in [7, 11) is -3.97. The van der Waals surface area contributed by atoms with Gasteiger partial charge in [0.05, 0.1) is 10.6 Å². The van der Waals surface area contributed by atoms with Gasteiger partial charge in [0, 0.05) is 3.57 Å². The number of rotatable bonds is 3. The monoisotopic (exact) mass is 419 g/mol. The molecule has 2 rings (SSSR count). The van der Waals surface area contributed by atoms with E-state index in [2.05, 4.69) is 22.6 Å². The van der Waals surface area contributed by atoms with Crippen LogP contribution in [0.25, 0.3) is 0 Å². The molecule has 0 saturated heterocycles. The molecule has 4 nitrogen and oxygen atoms in total. The van der Waals surface area contributed by atoms with Crippen molar-refractivity contribution in [3.05, 3.63) is 56.6 Å². The van der Waals surface area contributed by atoms with E-state index in [4.69, 9.17) is 21.0 Å². The molecule has 0 heterocycles. The number of benzene rings is 2. The van der Waals surface area contributed by atoms with Gasteiger partial charge in [0.15, 0.2) is 0 Å². The van der Waals surface area contributed by atoms with Gasteiger partial charge in [-0.25, -0.2) is 0 Å². The summed E-state index contributed by atoms with van der Waals surface area (Å²) in [5.41, 5.74) is 0.208. The quantitative estimate of drug-likeness (QED) is 0.563. The van der Waals surface area contributed by atoms with E-state index >= 15 is 0 Å². The topological polar surface area (TPSA) is 67.2 Å². The highest BCUT2D eigenvalue weighted by Crippen LogP contribution is 2.24. The standard InChI is InChI=1S/C13H7ClINO3S/c14-13-7-12(5-4-9(13)8-16)20(17,18)19-11-3-1-2-10(15)6-11/h1-7H. The van der Waals surface area contributed by atoms with Crippen LogP contribution in [0.2, 0.25) is 5.02 Å². The minimum atomic E-state index is -3.97. The second kappa shape index (κ2) is 5.99. The van der Waals surface area contributed by atoms with Crippen molar-refractivity contribution < 1.29 is 12.6 Å². The second-order valence-electron chi connectivity index (χ2n) is 3.75. The van der Waals surface area contributed by atoms with Crippen molar-refractivity contribution in [3.8, 4) is 11.8 Å². The van der Waals surface area contributed by atoms with Gasteiger partial charge in [0.2, 0.25) is 0 Å². The first-order chi connectivity index (χ1) is 9.42. The van der Waals surface area contributed by atoms with Gasteiger partial charge in [-0.2, -0.15) is 13.7 Å². The maximum atomic E-state index is 12.1. The van der Waals surface area contributed by atoms with Crippen LogP contribution in [0, 0.1) is 14.9 Å². The molecule has 0 spiro atoms. The third kappa shape index (κ3) is 3.42. The number of nitriles is 1. The smallest absolute Gasteiger partial charge is 0.339 e. The fourth-order valence-corrected chi connectivity index (χ4v) is 3.19. The van der Waals surface area contributed by atoms with Gasteiger partial charge in [0.1, 0.15) is 16.7 Å². The highest BCUT2D eigenvalue weighted by molar-refractivity contribution is 14.1. The summed E-state index contributed by atoms with van der Waals surface area (Å²) in [6, 6.07) is 12.3. The molecule has 0 bridgehead atoms. The maximum absolute atomic E-state index is 12.1. The number of hydrogen-bond acceptors (Lipinski definition) is 4.